The Morgan fingerprint density at radius 3 is 2.33 bits per heavy atom. The highest BCUT2D eigenvalue weighted by Crippen LogP contribution is 2.51. The molecular formula is C22H26N2O5S. The van der Waals surface area contributed by atoms with Crippen molar-refractivity contribution in [3.63, 3.8) is 0 Å². The highest BCUT2D eigenvalue weighted by atomic mass is 32.2. The zero-order valence-corrected chi connectivity index (χ0v) is 18.1. The van der Waals surface area contributed by atoms with Crippen molar-refractivity contribution in [3.8, 4) is 17.0 Å². The van der Waals surface area contributed by atoms with E-state index in [1.807, 2.05) is 26.0 Å². The lowest BCUT2D eigenvalue weighted by Gasteiger charge is -2.20. The molecule has 4 rings (SSSR count). The second-order valence-electron chi connectivity index (χ2n) is 8.32. The first-order valence-electron chi connectivity index (χ1n) is 10.1. The largest absolute Gasteiger partial charge is 0.492 e. The molecule has 0 N–H and O–H groups in total. The van der Waals surface area contributed by atoms with Gasteiger partial charge in [0.1, 0.15) is 5.75 Å². The number of ether oxygens (including phenoxy) is 2. The Morgan fingerprint density at radius 1 is 1.13 bits per heavy atom. The number of nitrogens with zero attached hydrogens (tertiary/aromatic N) is 2. The van der Waals surface area contributed by atoms with Crippen molar-refractivity contribution in [3.05, 3.63) is 42.6 Å². The second kappa shape index (κ2) is 7.91. The summed E-state index contributed by atoms with van der Waals surface area (Å²) >= 11 is 0. The Balaban J connectivity index is 1.27. The first-order valence-corrected chi connectivity index (χ1v) is 12.0. The maximum Gasteiger partial charge on any atom is 0.410 e. The number of carbonyl (C=O) groups is 1. The molecule has 2 aromatic rings. The Morgan fingerprint density at radius 2 is 1.80 bits per heavy atom. The molecule has 1 saturated heterocycles. The van der Waals surface area contributed by atoms with Crippen molar-refractivity contribution in [2.75, 3.05) is 26.0 Å². The van der Waals surface area contributed by atoms with Crippen molar-refractivity contribution >= 4 is 15.9 Å². The zero-order valence-electron chi connectivity index (χ0n) is 17.3. The van der Waals surface area contributed by atoms with Gasteiger partial charge in [0, 0.05) is 30.8 Å². The van der Waals surface area contributed by atoms with Crippen LogP contribution >= 0.6 is 0 Å². The number of pyridine rings is 1. The van der Waals surface area contributed by atoms with Gasteiger partial charge in [-0.3, -0.25) is 4.98 Å². The lowest BCUT2D eigenvalue weighted by molar-refractivity contribution is 0.0779. The maximum atomic E-state index is 12.0. The summed E-state index contributed by atoms with van der Waals surface area (Å²) in [7, 11) is -3.21. The van der Waals surface area contributed by atoms with Gasteiger partial charge in [-0.05, 0) is 49.9 Å². The van der Waals surface area contributed by atoms with E-state index in [0.29, 0.717) is 30.1 Å². The van der Waals surface area contributed by atoms with Crippen LogP contribution in [0.5, 0.6) is 5.75 Å². The third kappa shape index (κ3) is 4.43. The molecule has 1 saturated carbocycles. The van der Waals surface area contributed by atoms with Gasteiger partial charge in [-0.2, -0.15) is 0 Å². The highest BCUT2D eigenvalue weighted by Gasteiger charge is 2.57. The van der Waals surface area contributed by atoms with Crippen LogP contribution in [-0.2, 0) is 14.6 Å². The minimum absolute atomic E-state index is 0.0957. The highest BCUT2D eigenvalue weighted by molar-refractivity contribution is 7.90. The molecule has 2 aliphatic rings. The van der Waals surface area contributed by atoms with Gasteiger partial charge in [0.05, 0.1) is 29.5 Å². The Hall–Kier alpha value is -2.61. The van der Waals surface area contributed by atoms with E-state index in [1.165, 1.54) is 6.26 Å². The molecule has 1 aliphatic heterocycles. The number of sulfone groups is 1. The third-order valence-corrected chi connectivity index (χ3v) is 6.85. The number of rotatable bonds is 6. The molecule has 0 radical (unpaired) electrons. The van der Waals surface area contributed by atoms with E-state index >= 15 is 0 Å². The van der Waals surface area contributed by atoms with Crippen LogP contribution in [0.3, 0.4) is 0 Å². The Labute approximate surface area is 176 Å². The number of aromatic nitrogens is 1. The van der Waals surface area contributed by atoms with Gasteiger partial charge in [0.2, 0.25) is 0 Å². The van der Waals surface area contributed by atoms with Crippen LogP contribution in [0.4, 0.5) is 4.79 Å². The molecule has 160 valence electrons. The van der Waals surface area contributed by atoms with Crippen LogP contribution in [0, 0.1) is 17.8 Å². The molecule has 2 fully saturated rings. The minimum atomic E-state index is -3.21. The predicted molar refractivity (Wildman–Crippen MR) is 112 cm³/mol. The second-order valence-corrected chi connectivity index (χ2v) is 10.3. The topological polar surface area (TPSA) is 85.8 Å². The fourth-order valence-electron chi connectivity index (χ4n) is 4.02. The van der Waals surface area contributed by atoms with Crippen LogP contribution in [0.1, 0.15) is 13.8 Å². The van der Waals surface area contributed by atoms with Crippen molar-refractivity contribution in [1.82, 2.24) is 9.88 Å². The first-order chi connectivity index (χ1) is 14.2. The SMILES string of the molecule is CC(C)OC(=O)N1CC2C(COc3ccc(-c4ccc(S(C)(=O)=O)cc4)nc3)[C@@H]2C1. The normalized spacial score (nSPS) is 22.7. The number of benzene rings is 1. The van der Waals surface area contributed by atoms with Gasteiger partial charge in [-0.15, -0.1) is 0 Å². The zero-order chi connectivity index (χ0) is 21.5. The van der Waals surface area contributed by atoms with Crippen LogP contribution in [0.2, 0.25) is 0 Å². The number of hydrogen-bond acceptors (Lipinski definition) is 6. The lowest BCUT2D eigenvalue weighted by Crippen LogP contribution is -2.34. The molecule has 2 unspecified atom stereocenters. The summed E-state index contributed by atoms with van der Waals surface area (Å²) in [4.78, 5) is 18.5. The third-order valence-electron chi connectivity index (χ3n) is 5.72. The molecule has 0 spiro atoms. The van der Waals surface area contributed by atoms with Crippen molar-refractivity contribution in [2.24, 2.45) is 17.8 Å². The maximum absolute atomic E-state index is 12.0. The molecule has 8 heteroatoms. The average molecular weight is 431 g/mol. The van der Waals surface area contributed by atoms with Gasteiger partial charge < -0.3 is 14.4 Å². The molecule has 0 bridgehead atoms. The number of hydrogen-bond donors (Lipinski definition) is 0. The standard InChI is InChI=1S/C22H26N2O5S/c1-14(2)29-22(25)24-11-18-19(12-24)20(18)13-28-16-6-9-21(23-10-16)15-4-7-17(8-5-15)30(3,26)27/h4-10,14,18-20H,11-13H2,1-3H3/t18-,19?,20?/m1/s1. The molecule has 30 heavy (non-hydrogen) atoms. The van der Waals surface area contributed by atoms with E-state index in [0.717, 1.165) is 24.3 Å². The molecular weight excluding hydrogens is 404 g/mol. The molecule has 1 aromatic carbocycles. The van der Waals surface area contributed by atoms with Gasteiger partial charge >= 0.3 is 6.09 Å². The van der Waals surface area contributed by atoms with Crippen molar-refractivity contribution < 1.29 is 22.7 Å². The van der Waals surface area contributed by atoms with E-state index in [9.17, 15) is 13.2 Å². The lowest BCUT2D eigenvalue weighted by atomic mass is 10.1. The molecule has 1 aromatic heterocycles. The summed E-state index contributed by atoms with van der Waals surface area (Å²) in [6.07, 6.45) is 2.56. The van der Waals surface area contributed by atoms with E-state index in [1.54, 1.807) is 35.4 Å². The quantitative estimate of drug-likeness (QED) is 0.699. The number of piperidine rings is 1. The Kier molecular flexibility index (Phi) is 5.44. The number of likely N-dealkylation sites (tertiary alicyclic amines) is 1. The van der Waals surface area contributed by atoms with E-state index in [2.05, 4.69) is 4.98 Å². The van der Waals surface area contributed by atoms with Crippen LogP contribution in [-0.4, -0.2) is 56.5 Å². The van der Waals surface area contributed by atoms with Gasteiger partial charge in [-0.25, -0.2) is 13.2 Å². The van der Waals surface area contributed by atoms with Crippen molar-refractivity contribution in [1.29, 1.82) is 0 Å². The summed E-state index contributed by atoms with van der Waals surface area (Å²) in [6, 6.07) is 10.4. The Bertz CT molecular complexity index is 1010. The van der Waals surface area contributed by atoms with Gasteiger partial charge in [0.15, 0.2) is 9.84 Å². The summed E-state index contributed by atoms with van der Waals surface area (Å²) in [5.41, 5.74) is 1.60. The fraction of sp³-hybridized carbons (Fsp3) is 0.455. The molecule has 2 heterocycles. The average Bonchev–Trinajstić information content (AvgIpc) is 3.14. The molecule has 3 atom stereocenters. The van der Waals surface area contributed by atoms with E-state index in [-0.39, 0.29) is 17.1 Å². The van der Waals surface area contributed by atoms with Crippen molar-refractivity contribution in [2.45, 2.75) is 24.8 Å². The summed E-state index contributed by atoms with van der Waals surface area (Å²) in [5.74, 6) is 2.15. The molecule has 7 nitrogen and oxygen atoms in total. The summed E-state index contributed by atoms with van der Waals surface area (Å²) < 4.78 is 34.3. The van der Waals surface area contributed by atoms with Crippen LogP contribution in [0.25, 0.3) is 11.3 Å². The van der Waals surface area contributed by atoms with Gasteiger partial charge in [0.25, 0.3) is 0 Å². The number of carbonyl (C=O) groups excluding carboxylic acids is 1. The van der Waals surface area contributed by atoms with Gasteiger partial charge in [-0.1, -0.05) is 12.1 Å². The van der Waals surface area contributed by atoms with E-state index < -0.39 is 9.84 Å². The first kappa shape index (κ1) is 20.7. The number of amides is 1. The van der Waals surface area contributed by atoms with E-state index in [4.69, 9.17) is 9.47 Å². The predicted octanol–water partition coefficient (Wildman–Crippen LogP) is 3.25. The van der Waals surface area contributed by atoms with Crippen LogP contribution in [0.15, 0.2) is 47.5 Å². The molecule has 1 amide bonds. The van der Waals surface area contributed by atoms with Crippen LogP contribution < -0.4 is 4.74 Å². The summed E-state index contributed by atoms with van der Waals surface area (Å²) in [5, 5.41) is 0. The fourth-order valence-corrected chi connectivity index (χ4v) is 4.65. The monoisotopic (exact) mass is 430 g/mol. The molecule has 1 aliphatic carbocycles. The number of fused-ring (bicyclic) bond motifs is 1. The minimum Gasteiger partial charge on any atom is -0.492 e. The smallest absolute Gasteiger partial charge is 0.410 e. The summed E-state index contributed by atoms with van der Waals surface area (Å²) in [6.45, 7) is 5.81.